The minimum Gasteiger partial charge on any atom is -0.381 e. The van der Waals surface area contributed by atoms with E-state index in [0.717, 1.165) is 42.1 Å². The van der Waals surface area contributed by atoms with Gasteiger partial charge >= 0.3 is 0 Å². The number of fused-ring (bicyclic) bond motifs is 2. The van der Waals surface area contributed by atoms with Crippen molar-refractivity contribution < 1.29 is 14.3 Å². The van der Waals surface area contributed by atoms with E-state index in [4.69, 9.17) is 10.5 Å². The van der Waals surface area contributed by atoms with Crippen LogP contribution in [0.2, 0.25) is 0 Å². The average Bonchev–Trinajstić information content (AvgIpc) is 3.19. The number of ether oxygens (including phenoxy) is 1. The van der Waals surface area contributed by atoms with Gasteiger partial charge in [0, 0.05) is 54.0 Å². The first-order valence-electron chi connectivity index (χ1n) is 11.3. The molecule has 2 fully saturated rings. The minimum absolute atomic E-state index is 0.214. The third kappa shape index (κ3) is 3.68. The summed E-state index contributed by atoms with van der Waals surface area (Å²) in [6.07, 6.45) is 3.77. The smallest absolute Gasteiger partial charge is 0.269 e. The van der Waals surface area contributed by atoms with Crippen molar-refractivity contribution in [2.75, 3.05) is 30.5 Å². The van der Waals surface area contributed by atoms with Gasteiger partial charge in [0.25, 0.3) is 5.91 Å². The number of hydrogen-bond acceptors (Lipinski definition) is 8. The van der Waals surface area contributed by atoms with Crippen LogP contribution in [0.15, 0.2) is 54.9 Å². The lowest BCUT2D eigenvalue weighted by molar-refractivity contribution is 0.0993. The molecule has 4 heterocycles. The lowest BCUT2D eigenvalue weighted by Gasteiger charge is -2.23. The largest absolute Gasteiger partial charge is 0.381 e. The summed E-state index contributed by atoms with van der Waals surface area (Å²) in [5, 5.41) is 7.95. The summed E-state index contributed by atoms with van der Waals surface area (Å²) < 4.78 is 7.05. The van der Waals surface area contributed by atoms with Crippen LogP contribution in [0.1, 0.15) is 20.8 Å². The molecule has 1 aliphatic heterocycles. The number of nitrogens with zero attached hydrogens (tertiary/aromatic N) is 5. The van der Waals surface area contributed by atoms with Crippen LogP contribution in [0, 0.1) is 11.8 Å². The molecule has 2 atom stereocenters. The zero-order valence-corrected chi connectivity index (χ0v) is 19.0. The predicted molar refractivity (Wildman–Crippen MR) is 130 cm³/mol. The Morgan fingerprint density at radius 1 is 1.17 bits per heavy atom. The number of nitrogens with one attached hydrogen (secondary N) is 1. The highest BCUT2D eigenvalue weighted by atomic mass is 16.5. The second-order valence-corrected chi connectivity index (χ2v) is 8.93. The number of amides is 1. The quantitative estimate of drug-likeness (QED) is 0.395. The van der Waals surface area contributed by atoms with Crippen molar-refractivity contribution >= 4 is 35.0 Å². The number of rotatable bonds is 7. The van der Waals surface area contributed by atoms with E-state index in [1.807, 2.05) is 37.4 Å². The summed E-state index contributed by atoms with van der Waals surface area (Å²) in [5.74, 6) is 0.956. The third-order valence-electron chi connectivity index (χ3n) is 6.79. The zero-order valence-electron chi connectivity index (χ0n) is 19.0. The first-order valence-corrected chi connectivity index (χ1v) is 11.3. The molecule has 1 aromatic carbocycles. The number of carbonyl (C=O) groups is 2. The molecule has 0 spiro atoms. The standard InChI is InChI=1S/C25H23N7O3/c1-31(23-17-12-35-13-18(17)23)20-8-22(30-32-21(24(26)34)10-28-25(20)32)29-16-4-2-3-15(7-16)19-6-5-14(11-33)9-27-19/h2-11,17-18,23H,12-13H2,1H3,(H2,26,34)(H,29,30). The fourth-order valence-electron chi connectivity index (χ4n) is 4.94. The molecule has 0 radical (unpaired) electrons. The number of benzene rings is 1. The van der Waals surface area contributed by atoms with Gasteiger partial charge in [-0.3, -0.25) is 14.6 Å². The molecule has 1 amide bonds. The SMILES string of the molecule is CN(c1cc(Nc2cccc(-c3ccc(C=O)cn3)c2)nn2c(C(N)=O)cnc12)C1C2COCC21. The van der Waals surface area contributed by atoms with Crippen LogP contribution in [0.25, 0.3) is 16.9 Å². The fraction of sp³-hybridized carbons (Fsp3) is 0.240. The fourth-order valence-corrected chi connectivity index (χ4v) is 4.94. The van der Waals surface area contributed by atoms with Crippen LogP contribution >= 0.6 is 0 Å². The van der Waals surface area contributed by atoms with Gasteiger partial charge in [-0.25, -0.2) is 9.50 Å². The average molecular weight is 470 g/mol. The Morgan fingerprint density at radius 2 is 2.00 bits per heavy atom. The molecule has 3 N–H and O–H groups in total. The summed E-state index contributed by atoms with van der Waals surface area (Å²) in [4.78, 5) is 34.0. The molecule has 3 aromatic heterocycles. The summed E-state index contributed by atoms with van der Waals surface area (Å²) in [6, 6.07) is 13.6. The van der Waals surface area contributed by atoms with Crippen LogP contribution in [0.5, 0.6) is 0 Å². The minimum atomic E-state index is -0.598. The number of hydrogen-bond donors (Lipinski definition) is 2. The molecular weight excluding hydrogens is 446 g/mol. The van der Waals surface area contributed by atoms with Gasteiger partial charge in [0.05, 0.1) is 30.8 Å². The van der Waals surface area contributed by atoms with Gasteiger partial charge in [0.2, 0.25) is 0 Å². The van der Waals surface area contributed by atoms with Gasteiger partial charge in [0.15, 0.2) is 17.8 Å². The van der Waals surface area contributed by atoms with E-state index < -0.39 is 5.91 Å². The zero-order chi connectivity index (χ0) is 24.1. The van der Waals surface area contributed by atoms with Gasteiger partial charge in [-0.2, -0.15) is 0 Å². The molecule has 2 aliphatic rings. The maximum atomic E-state index is 12.0. The molecular formula is C25H23N7O3. The first kappa shape index (κ1) is 21.2. The van der Waals surface area contributed by atoms with Crippen LogP contribution in [-0.4, -0.2) is 58.1 Å². The van der Waals surface area contributed by atoms with Crippen molar-refractivity contribution in [2.24, 2.45) is 17.6 Å². The van der Waals surface area contributed by atoms with Gasteiger partial charge in [-0.05, 0) is 24.3 Å². The van der Waals surface area contributed by atoms with Gasteiger partial charge in [-0.1, -0.05) is 12.1 Å². The molecule has 1 saturated heterocycles. The van der Waals surface area contributed by atoms with E-state index in [1.54, 1.807) is 18.3 Å². The van der Waals surface area contributed by atoms with E-state index in [-0.39, 0.29) is 5.69 Å². The Hall–Kier alpha value is -4.31. The van der Waals surface area contributed by atoms with Crippen LogP contribution in [-0.2, 0) is 4.74 Å². The van der Waals surface area contributed by atoms with Crippen molar-refractivity contribution in [3.63, 3.8) is 0 Å². The molecule has 6 rings (SSSR count). The molecule has 4 aromatic rings. The predicted octanol–water partition coefficient (Wildman–Crippen LogP) is 2.53. The third-order valence-corrected chi connectivity index (χ3v) is 6.79. The Bertz CT molecular complexity index is 1440. The van der Waals surface area contributed by atoms with Crippen molar-refractivity contribution in [1.29, 1.82) is 0 Å². The molecule has 2 unspecified atom stereocenters. The number of imidazole rings is 1. The molecule has 0 bridgehead atoms. The summed E-state index contributed by atoms with van der Waals surface area (Å²) in [5.41, 5.74) is 10.2. The van der Waals surface area contributed by atoms with Crippen molar-refractivity contribution in [1.82, 2.24) is 19.6 Å². The monoisotopic (exact) mass is 469 g/mol. The molecule has 1 saturated carbocycles. The molecule has 1 aliphatic carbocycles. The second kappa shape index (κ2) is 8.17. The number of pyridine rings is 1. The second-order valence-electron chi connectivity index (χ2n) is 8.93. The maximum Gasteiger partial charge on any atom is 0.269 e. The Morgan fingerprint density at radius 3 is 2.71 bits per heavy atom. The van der Waals surface area contributed by atoms with E-state index >= 15 is 0 Å². The van der Waals surface area contributed by atoms with Crippen LogP contribution in [0.4, 0.5) is 17.2 Å². The molecule has 10 heteroatoms. The number of anilines is 3. The van der Waals surface area contributed by atoms with Crippen molar-refractivity contribution in [3.05, 3.63) is 66.1 Å². The number of primary amides is 1. The summed E-state index contributed by atoms with van der Waals surface area (Å²) in [6.45, 7) is 1.53. The van der Waals surface area contributed by atoms with Crippen LogP contribution in [0.3, 0.4) is 0 Å². The van der Waals surface area contributed by atoms with E-state index in [0.29, 0.717) is 34.9 Å². The number of carbonyl (C=O) groups excluding carboxylic acids is 2. The van der Waals surface area contributed by atoms with E-state index in [9.17, 15) is 9.59 Å². The van der Waals surface area contributed by atoms with Crippen molar-refractivity contribution in [3.8, 4) is 11.3 Å². The number of aldehydes is 1. The summed E-state index contributed by atoms with van der Waals surface area (Å²) >= 11 is 0. The highest BCUT2D eigenvalue weighted by molar-refractivity contribution is 5.92. The highest BCUT2D eigenvalue weighted by Crippen LogP contribution is 2.49. The van der Waals surface area contributed by atoms with Crippen molar-refractivity contribution in [2.45, 2.75) is 6.04 Å². The van der Waals surface area contributed by atoms with Gasteiger partial charge in [0.1, 0.15) is 5.69 Å². The normalized spacial score (nSPS) is 20.4. The lowest BCUT2D eigenvalue weighted by atomic mass is 10.1. The Kier molecular flexibility index (Phi) is 4.96. The molecule has 10 nitrogen and oxygen atoms in total. The maximum absolute atomic E-state index is 12.0. The number of aromatic nitrogens is 4. The van der Waals surface area contributed by atoms with Gasteiger partial charge in [-0.15, -0.1) is 5.10 Å². The topological polar surface area (TPSA) is 128 Å². The summed E-state index contributed by atoms with van der Waals surface area (Å²) in [7, 11) is 2.04. The Labute approximate surface area is 200 Å². The lowest BCUT2D eigenvalue weighted by Crippen LogP contribution is -2.27. The van der Waals surface area contributed by atoms with Gasteiger partial charge < -0.3 is 20.7 Å². The first-order chi connectivity index (χ1) is 17.0. The Balaban J connectivity index is 1.36. The van der Waals surface area contributed by atoms with Crippen LogP contribution < -0.4 is 16.0 Å². The highest BCUT2D eigenvalue weighted by Gasteiger charge is 2.56. The van der Waals surface area contributed by atoms with E-state index in [1.165, 1.54) is 10.7 Å². The van der Waals surface area contributed by atoms with E-state index in [2.05, 4.69) is 25.3 Å². The molecule has 176 valence electrons. The number of nitrogens with two attached hydrogens (primary N) is 1. The molecule has 35 heavy (non-hydrogen) atoms.